The number of carbonyl (C=O) groups excluding carboxylic acids is 2. The van der Waals surface area contributed by atoms with Gasteiger partial charge in [0.05, 0.1) is 5.56 Å². The fourth-order valence-corrected chi connectivity index (χ4v) is 2.80. The van der Waals surface area contributed by atoms with Gasteiger partial charge in [-0.1, -0.05) is 32.4 Å². The molecule has 1 aliphatic rings. The fraction of sp³-hybridized carbons (Fsp3) is 0.500. The summed E-state index contributed by atoms with van der Waals surface area (Å²) < 4.78 is 5.53. The van der Waals surface area contributed by atoms with E-state index in [2.05, 4.69) is 5.32 Å². The number of ether oxygens (including phenoxy) is 1. The second-order valence-corrected chi connectivity index (χ2v) is 6.26. The Morgan fingerprint density at radius 1 is 1.48 bits per heavy atom. The molecular formula is C16H20ClNO3. The Labute approximate surface area is 129 Å². The van der Waals surface area contributed by atoms with Crippen molar-refractivity contribution >= 4 is 23.3 Å². The quantitative estimate of drug-likeness (QED) is 0.909. The molecular weight excluding hydrogens is 290 g/mol. The number of ketones is 1. The molecule has 1 aliphatic carbocycles. The second-order valence-electron chi connectivity index (χ2n) is 5.85. The van der Waals surface area contributed by atoms with Crippen LogP contribution < -0.4 is 10.1 Å². The molecule has 1 atom stereocenters. The van der Waals surface area contributed by atoms with Gasteiger partial charge in [0.15, 0.2) is 12.4 Å². The summed E-state index contributed by atoms with van der Waals surface area (Å²) in [6, 6.07) is 3.38. The normalized spacial score (nSPS) is 17.0. The zero-order chi connectivity index (χ0) is 15.6. The molecule has 1 N–H and O–H groups in total. The maximum absolute atomic E-state index is 12.1. The summed E-state index contributed by atoms with van der Waals surface area (Å²) in [4.78, 5) is 23.8. The van der Waals surface area contributed by atoms with Crippen molar-refractivity contribution in [3.8, 4) is 5.75 Å². The average Bonchev–Trinajstić information content (AvgIpc) is 2.72. The maximum atomic E-state index is 12.1. The van der Waals surface area contributed by atoms with Gasteiger partial charge in [-0.3, -0.25) is 9.59 Å². The van der Waals surface area contributed by atoms with Crippen LogP contribution in [0, 0.1) is 5.92 Å². The van der Waals surface area contributed by atoms with Gasteiger partial charge >= 0.3 is 0 Å². The molecule has 0 spiro atoms. The highest BCUT2D eigenvalue weighted by atomic mass is 35.5. The van der Waals surface area contributed by atoms with E-state index in [-0.39, 0.29) is 24.2 Å². The summed E-state index contributed by atoms with van der Waals surface area (Å²) in [5.41, 5.74) is 1.37. The highest BCUT2D eigenvalue weighted by Gasteiger charge is 2.31. The number of rotatable bonds is 5. The van der Waals surface area contributed by atoms with Crippen LogP contribution in [-0.4, -0.2) is 24.8 Å². The summed E-state index contributed by atoms with van der Waals surface area (Å²) in [6.45, 7) is 6.52. The molecule has 0 saturated carbocycles. The monoisotopic (exact) mass is 309 g/mol. The lowest BCUT2D eigenvalue weighted by Gasteiger charge is -2.13. The number of fused-ring (bicyclic) bond motifs is 1. The summed E-state index contributed by atoms with van der Waals surface area (Å²) in [5.74, 6) is 0.765. The Kier molecular flexibility index (Phi) is 4.88. The molecule has 114 valence electrons. The van der Waals surface area contributed by atoms with E-state index in [1.165, 1.54) is 0 Å². The molecule has 0 bridgehead atoms. The lowest BCUT2D eigenvalue weighted by Crippen LogP contribution is -2.31. The fourth-order valence-electron chi connectivity index (χ4n) is 2.46. The Hall–Kier alpha value is -1.55. The molecule has 5 heteroatoms. The largest absolute Gasteiger partial charge is 0.483 e. The van der Waals surface area contributed by atoms with Crippen molar-refractivity contribution in [2.45, 2.75) is 33.1 Å². The van der Waals surface area contributed by atoms with Crippen LogP contribution in [0.1, 0.15) is 49.0 Å². The Morgan fingerprint density at radius 3 is 2.86 bits per heavy atom. The van der Waals surface area contributed by atoms with E-state index < -0.39 is 0 Å². The third kappa shape index (κ3) is 3.56. The smallest absolute Gasteiger partial charge is 0.257 e. The van der Waals surface area contributed by atoms with Gasteiger partial charge in [-0.05, 0) is 29.5 Å². The number of hydrogen-bond donors (Lipinski definition) is 1. The molecule has 0 aliphatic heterocycles. The van der Waals surface area contributed by atoms with Gasteiger partial charge in [-0.25, -0.2) is 0 Å². The second kappa shape index (κ2) is 6.48. The number of amides is 1. The van der Waals surface area contributed by atoms with Crippen molar-refractivity contribution in [2.75, 3.05) is 13.2 Å². The first-order valence-electron chi connectivity index (χ1n) is 7.15. The van der Waals surface area contributed by atoms with Crippen molar-refractivity contribution in [1.82, 2.24) is 5.32 Å². The molecule has 1 aromatic carbocycles. The van der Waals surface area contributed by atoms with Crippen molar-refractivity contribution in [2.24, 2.45) is 5.92 Å². The van der Waals surface area contributed by atoms with Gasteiger partial charge in [0.25, 0.3) is 5.91 Å². The Bertz CT molecular complexity index is 569. The van der Waals surface area contributed by atoms with E-state index in [9.17, 15) is 9.59 Å². The van der Waals surface area contributed by atoms with Crippen LogP contribution in [-0.2, 0) is 4.79 Å². The number of halogens is 1. The summed E-state index contributed by atoms with van der Waals surface area (Å²) in [6.07, 6.45) is 0.439. The Morgan fingerprint density at radius 2 is 2.19 bits per heavy atom. The molecule has 1 aromatic rings. The molecule has 0 saturated heterocycles. The molecule has 4 nitrogen and oxygen atoms in total. The van der Waals surface area contributed by atoms with E-state index in [1.807, 2.05) is 20.8 Å². The van der Waals surface area contributed by atoms with E-state index in [4.69, 9.17) is 16.3 Å². The van der Waals surface area contributed by atoms with Crippen molar-refractivity contribution in [3.05, 3.63) is 28.3 Å². The van der Waals surface area contributed by atoms with Crippen LogP contribution in [0.3, 0.4) is 0 Å². The van der Waals surface area contributed by atoms with Crippen LogP contribution in [0.15, 0.2) is 12.1 Å². The van der Waals surface area contributed by atoms with Gasteiger partial charge in [0.2, 0.25) is 0 Å². The lowest BCUT2D eigenvalue weighted by molar-refractivity contribution is -0.123. The number of Topliss-reactive ketones (excluding diaryl/α,β-unsaturated/α-hetero) is 1. The van der Waals surface area contributed by atoms with Crippen LogP contribution >= 0.6 is 11.6 Å². The number of hydrogen-bond acceptors (Lipinski definition) is 3. The first-order chi connectivity index (χ1) is 9.90. The minimum atomic E-state index is -0.189. The third-order valence-electron chi connectivity index (χ3n) is 3.48. The summed E-state index contributed by atoms with van der Waals surface area (Å²) >= 11 is 6.16. The predicted molar refractivity (Wildman–Crippen MR) is 82.2 cm³/mol. The molecule has 0 radical (unpaired) electrons. The Balaban J connectivity index is 2.09. The maximum Gasteiger partial charge on any atom is 0.257 e. The first-order valence-corrected chi connectivity index (χ1v) is 7.53. The van der Waals surface area contributed by atoms with Gasteiger partial charge in [-0.15, -0.1) is 0 Å². The molecule has 0 heterocycles. The highest BCUT2D eigenvalue weighted by molar-refractivity contribution is 6.32. The van der Waals surface area contributed by atoms with Crippen LogP contribution in [0.2, 0.25) is 5.02 Å². The number of benzene rings is 1. The molecule has 21 heavy (non-hydrogen) atoms. The topological polar surface area (TPSA) is 55.4 Å². The van der Waals surface area contributed by atoms with Gasteiger partial charge in [-0.2, -0.15) is 0 Å². The molecule has 0 fully saturated rings. The van der Waals surface area contributed by atoms with E-state index in [0.717, 1.165) is 5.56 Å². The zero-order valence-corrected chi connectivity index (χ0v) is 13.3. The average molecular weight is 310 g/mol. The van der Waals surface area contributed by atoms with Gasteiger partial charge in [0, 0.05) is 18.0 Å². The number of carbonyl (C=O) groups is 2. The molecule has 0 unspecified atom stereocenters. The molecule has 1 amide bonds. The van der Waals surface area contributed by atoms with Crippen LogP contribution in [0.5, 0.6) is 5.75 Å². The van der Waals surface area contributed by atoms with Crippen molar-refractivity contribution in [3.63, 3.8) is 0 Å². The van der Waals surface area contributed by atoms with Crippen LogP contribution in [0.4, 0.5) is 0 Å². The van der Waals surface area contributed by atoms with Gasteiger partial charge in [0.1, 0.15) is 5.75 Å². The first kappa shape index (κ1) is 15.8. The minimum Gasteiger partial charge on any atom is -0.483 e. The summed E-state index contributed by atoms with van der Waals surface area (Å²) in [5, 5.41) is 3.36. The van der Waals surface area contributed by atoms with Crippen molar-refractivity contribution < 1.29 is 14.3 Å². The van der Waals surface area contributed by atoms with E-state index in [0.29, 0.717) is 35.2 Å². The third-order valence-corrected chi connectivity index (χ3v) is 3.81. The zero-order valence-electron chi connectivity index (χ0n) is 12.5. The highest BCUT2D eigenvalue weighted by Crippen LogP contribution is 2.42. The van der Waals surface area contributed by atoms with Crippen LogP contribution in [0.25, 0.3) is 0 Å². The standard InChI is InChI=1S/C16H20ClNO3/c1-9(2)7-18-14(20)8-21-13-5-4-11(17)15-10(3)6-12(19)16(13)15/h4-5,9-10H,6-8H2,1-3H3,(H,18,20)/t10-/m1/s1. The molecule has 0 aromatic heterocycles. The predicted octanol–water partition coefficient (Wildman–Crippen LogP) is 3.18. The van der Waals surface area contributed by atoms with Crippen molar-refractivity contribution in [1.29, 1.82) is 0 Å². The lowest BCUT2D eigenvalue weighted by atomic mass is 10.0. The number of nitrogens with one attached hydrogen (secondary N) is 1. The van der Waals surface area contributed by atoms with E-state index >= 15 is 0 Å². The minimum absolute atomic E-state index is 0.0255. The summed E-state index contributed by atoms with van der Waals surface area (Å²) in [7, 11) is 0. The van der Waals surface area contributed by atoms with E-state index in [1.54, 1.807) is 12.1 Å². The van der Waals surface area contributed by atoms with Gasteiger partial charge < -0.3 is 10.1 Å². The molecule has 2 rings (SSSR count). The SMILES string of the molecule is CC(C)CNC(=O)COc1ccc(Cl)c2c1C(=O)C[C@H]2C.